The van der Waals surface area contributed by atoms with Crippen LogP contribution in [0, 0.1) is 10.1 Å². The lowest BCUT2D eigenvalue weighted by molar-refractivity contribution is -0.387. The predicted octanol–water partition coefficient (Wildman–Crippen LogP) is 2.14. The standard InChI is InChI=1S/C13H18ClN3O4S/c1-9(15)11-4-2-3-7-16(11)22(20,21)13-8-10(14)5-6-12(13)17(18)19/h5-6,8-9,11H,2-4,7,15H2,1H3. The van der Waals surface area contributed by atoms with E-state index >= 15 is 0 Å². The predicted molar refractivity (Wildman–Crippen MR) is 83.3 cm³/mol. The molecule has 2 rings (SSSR count). The first kappa shape index (κ1) is 17.1. The highest BCUT2D eigenvalue weighted by Gasteiger charge is 2.38. The molecule has 9 heteroatoms. The summed E-state index contributed by atoms with van der Waals surface area (Å²) in [5.41, 5.74) is 5.42. The van der Waals surface area contributed by atoms with Crippen LogP contribution in [-0.4, -0.2) is 36.3 Å². The van der Waals surface area contributed by atoms with Crippen LogP contribution in [0.5, 0.6) is 0 Å². The van der Waals surface area contributed by atoms with E-state index in [9.17, 15) is 18.5 Å². The third kappa shape index (κ3) is 3.24. The number of sulfonamides is 1. The molecule has 0 aromatic heterocycles. The Morgan fingerprint density at radius 1 is 1.45 bits per heavy atom. The molecule has 0 bridgehead atoms. The van der Waals surface area contributed by atoms with Gasteiger partial charge in [0.15, 0.2) is 4.90 Å². The van der Waals surface area contributed by atoms with Crippen molar-refractivity contribution < 1.29 is 13.3 Å². The molecule has 7 nitrogen and oxygen atoms in total. The molecule has 1 aromatic carbocycles. The van der Waals surface area contributed by atoms with Gasteiger partial charge in [-0.05, 0) is 31.9 Å². The van der Waals surface area contributed by atoms with Crippen LogP contribution in [0.3, 0.4) is 0 Å². The fourth-order valence-corrected chi connectivity index (χ4v) is 4.92. The van der Waals surface area contributed by atoms with Crippen LogP contribution in [-0.2, 0) is 10.0 Å². The van der Waals surface area contributed by atoms with E-state index in [1.165, 1.54) is 10.4 Å². The lowest BCUT2D eigenvalue weighted by atomic mass is 10.00. The Labute approximate surface area is 134 Å². The molecule has 2 unspecified atom stereocenters. The number of benzene rings is 1. The van der Waals surface area contributed by atoms with Gasteiger partial charge in [-0.15, -0.1) is 0 Å². The molecular weight excluding hydrogens is 330 g/mol. The van der Waals surface area contributed by atoms with Crippen molar-refractivity contribution in [3.8, 4) is 0 Å². The average molecular weight is 348 g/mol. The lowest BCUT2D eigenvalue weighted by Crippen LogP contribution is -2.51. The maximum atomic E-state index is 12.9. The molecule has 0 saturated carbocycles. The van der Waals surface area contributed by atoms with Gasteiger partial charge in [-0.25, -0.2) is 8.42 Å². The number of piperidine rings is 1. The first-order valence-corrected chi connectivity index (χ1v) is 8.78. The molecule has 1 heterocycles. The van der Waals surface area contributed by atoms with E-state index in [1.807, 2.05) is 0 Å². The van der Waals surface area contributed by atoms with E-state index in [2.05, 4.69) is 0 Å². The van der Waals surface area contributed by atoms with Crippen molar-refractivity contribution in [2.45, 2.75) is 43.2 Å². The Morgan fingerprint density at radius 2 is 2.14 bits per heavy atom. The molecule has 1 aromatic rings. The van der Waals surface area contributed by atoms with Crippen molar-refractivity contribution in [2.24, 2.45) is 5.73 Å². The zero-order chi connectivity index (χ0) is 16.5. The summed E-state index contributed by atoms with van der Waals surface area (Å²) in [6.45, 7) is 2.04. The molecule has 1 fully saturated rings. The Bertz CT molecular complexity index is 678. The molecular formula is C13H18ClN3O4S. The van der Waals surface area contributed by atoms with Crippen molar-refractivity contribution in [3.05, 3.63) is 33.3 Å². The van der Waals surface area contributed by atoms with Gasteiger partial charge in [-0.1, -0.05) is 18.0 Å². The van der Waals surface area contributed by atoms with E-state index in [4.69, 9.17) is 17.3 Å². The van der Waals surface area contributed by atoms with Crippen molar-refractivity contribution >= 4 is 27.3 Å². The van der Waals surface area contributed by atoms with Crippen molar-refractivity contribution in [1.29, 1.82) is 0 Å². The summed E-state index contributed by atoms with van der Waals surface area (Å²) in [5.74, 6) is 0. The summed E-state index contributed by atoms with van der Waals surface area (Å²) in [6, 6.07) is 2.82. The Balaban J connectivity index is 2.54. The fraction of sp³-hybridized carbons (Fsp3) is 0.538. The van der Waals surface area contributed by atoms with Gasteiger partial charge in [0.05, 0.1) is 4.92 Å². The number of nitro benzene ring substituents is 1. The van der Waals surface area contributed by atoms with Crippen LogP contribution >= 0.6 is 11.6 Å². The Kier molecular flexibility index (Phi) is 5.06. The molecule has 1 aliphatic heterocycles. The number of halogens is 1. The topological polar surface area (TPSA) is 107 Å². The smallest absolute Gasteiger partial charge is 0.289 e. The van der Waals surface area contributed by atoms with Crippen molar-refractivity contribution in [3.63, 3.8) is 0 Å². The van der Waals surface area contributed by atoms with Crippen molar-refractivity contribution in [2.75, 3.05) is 6.54 Å². The van der Waals surface area contributed by atoms with Crippen LogP contribution in [0.1, 0.15) is 26.2 Å². The summed E-state index contributed by atoms with van der Waals surface area (Å²) in [6.07, 6.45) is 2.23. The number of nitro groups is 1. The first-order valence-electron chi connectivity index (χ1n) is 6.96. The second-order valence-electron chi connectivity index (χ2n) is 5.41. The van der Waals surface area contributed by atoms with Gasteiger partial charge in [0.1, 0.15) is 0 Å². The molecule has 0 radical (unpaired) electrons. The monoisotopic (exact) mass is 347 g/mol. The quantitative estimate of drug-likeness (QED) is 0.663. The number of hydrogen-bond acceptors (Lipinski definition) is 5. The van der Waals surface area contributed by atoms with Gasteiger partial charge in [0.25, 0.3) is 5.69 Å². The molecule has 0 spiro atoms. The Morgan fingerprint density at radius 3 is 2.73 bits per heavy atom. The minimum absolute atomic E-state index is 0.138. The van der Waals surface area contributed by atoms with Crippen LogP contribution in [0.15, 0.2) is 23.1 Å². The molecule has 1 aliphatic rings. The van der Waals surface area contributed by atoms with E-state index in [1.54, 1.807) is 6.92 Å². The zero-order valence-electron chi connectivity index (χ0n) is 12.1. The minimum Gasteiger partial charge on any atom is -0.326 e. The van der Waals surface area contributed by atoms with Crippen LogP contribution in [0.2, 0.25) is 5.02 Å². The van der Waals surface area contributed by atoms with E-state index in [0.29, 0.717) is 19.4 Å². The number of rotatable bonds is 4. The highest BCUT2D eigenvalue weighted by molar-refractivity contribution is 7.89. The summed E-state index contributed by atoms with van der Waals surface area (Å²) >= 11 is 5.84. The summed E-state index contributed by atoms with van der Waals surface area (Å²) in [4.78, 5) is 10.0. The third-order valence-electron chi connectivity index (χ3n) is 3.81. The SMILES string of the molecule is CC(N)C1CCCCN1S(=O)(=O)c1cc(Cl)ccc1[N+](=O)[O-]. The third-order valence-corrected chi connectivity index (χ3v) is 6.00. The van der Waals surface area contributed by atoms with Crippen LogP contribution < -0.4 is 5.73 Å². The van der Waals surface area contributed by atoms with E-state index in [-0.39, 0.29) is 22.0 Å². The number of nitrogens with two attached hydrogens (primary N) is 1. The van der Waals surface area contributed by atoms with E-state index < -0.39 is 20.6 Å². The molecule has 0 aliphatic carbocycles. The fourth-order valence-electron chi connectivity index (χ4n) is 2.73. The van der Waals surface area contributed by atoms with E-state index in [0.717, 1.165) is 18.6 Å². The van der Waals surface area contributed by atoms with Crippen LogP contribution in [0.4, 0.5) is 5.69 Å². The zero-order valence-corrected chi connectivity index (χ0v) is 13.7. The normalized spacial score (nSPS) is 21.5. The highest BCUT2D eigenvalue weighted by Crippen LogP contribution is 2.33. The van der Waals surface area contributed by atoms with Gasteiger partial charge >= 0.3 is 0 Å². The van der Waals surface area contributed by atoms with Crippen molar-refractivity contribution in [1.82, 2.24) is 4.31 Å². The lowest BCUT2D eigenvalue weighted by Gasteiger charge is -2.36. The van der Waals surface area contributed by atoms with Crippen LogP contribution in [0.25, 0.3) is 0 Å². The summed E-state index contributed by atoms with van der Waals surface area (Å²) in [5, 5.41) is 11.3. The summed E-state index contributed by atoms with van der Waals surface area (Å²) in [7, 11) is -4.03. The van der Waals surface area contributed by atoms with Gasteiger partial charge < -0.3 is 5.73 Å². The second-order valence-corrected chi connectivity index (χ2v) is 7.70. The molecule has 22 heavy (non-hydrogen) atoms. The molecule has 0 amide bonds. The minimum atomic E-state index is -4.03. The summed E-state index contributed by atoms with van der Waals surface area (Å²) < 4.78 is 27.1. The molecule has 2 atom stereocenters. The second kappa shape index (κ2) is 6.49. The largest absolute Gasteiger partial charge is 0.326 e. The highest BCUT2D eigenvalue weighted by atomic mass is 35.5. The van der Waals surface area contributed by atoms with Gasteiger partial charge in [-0.2, -0.15) is 4.31 Å². The molecule has 2 N–H and O–H groups in total. The van der Waals surface area contributed by atoms with Gasteiger partial charge in [0, 0.05) is 29.7 Å². The maximum absolute atomic E-state index is 12.9. The molecule has 122 valence electrons. The Hall–Kier alpha value is -1.22. The maximum Gasteiger partial charge on any atom is 0.289 e. The van der Waals surface area contributed by atoms with Gasteiger partial charge in [0.2, 0.25) is 10.0 Å². The molecule has 1 saturated heterocycles. The number of nitrogens with zero attached hydrogens (tertiary/aromatic N) is 2. The number of hydrogen-bond donors (Lipinski definition) is 1. The first-order chi connectivity index (χ1) is 10.2. The van der Waals surface area contributed by atoms with Gasteiger partial charge in [-0.3, -0.25) is 10.1 Å². The average Bonchev–Trinajstić information content (AvgIpc) is 2.46.